The molecule has 2 aliphatic rings. The van der Waals surface area contributed by atoms with E-state index in [2.05, 4.69) is 34.1 Å². The lowest BCUT2D eigenvalue weighted by Crippen LogP contribution is -2.54. The lowest BCUT2D eigenvalue weighted by atomic mass is 9.84. The van der Waals surface area contributed by atoms with Crippen molar-refractivity contribution in [3.8, 4) is 0 Å². The van der Waals surface area contributed by atoms with Crippen LogP contribution in [0.1, 0.15) is 49.1 Å². The molecule has 21 heavy (non-hydrogen) atoms. The summed E-state index contributed by atoms with van der Waals surface area (Å²) in [6.07, 6.45) is 5.38. The predicted molar refractivity (Wildman–Crippen MR) is 80.0 cm³/mol. The van der Waals surface area contributed by atoms with Gasteiger partial charge in [0.25, 0.3) is 5.91 Å². The molecule has 1 aromatic rings. The molecule has 1 N–H and O–H groups in total. The van der Waals surface area contributed by atoms with E-state index < -0.39 is 0 Å². The minimum Gasteiger partial charge on any atom is -0.335 e. The Kier molecular flexibility index (Phi) is 4.24. The van der Waals surface area contributed by atoms with Crippen molar-refractivity contribution in [3.63, 3.8) is 0 Å². The fourth-order valence-electron chi connectivity index (χ4n) is 3.72. The number of carbonyl (C=O) groups excluding carboxylic acids is 1. The summed E-state index contributed by atoms with van der Waals surface area (Å²) in [5.74, 6) is 1.74. The van der Waals surface area contributed by atoms with Gasteiger partial charge in [0.05, 0.1) is 0 Å². The molecule has 0 bridgehead atoms. The van der Waals surface area contributed by atoms with Gasteiger partial charge in [-0.1, -0.05) is 6.92 Å². The zero-order valence-electron chi connectivity index (χ0n) is 13.0. The molecule has 6 nitrogen and oxygen atoms in total. The number of nitrogens with zero attached hydrogens (tertiary/aromatic N) is 4. The van der Waals surface area contributed by atoms with Crippen molar-refractivity contribution < 1.29 is 4.79 Å². The molecule has 0 spiro atoms. The Balaban J connectivity index is 1.65. The molecule has 2 atom stereocenters. The number of nitrogens with one attached hydrogen (secondary N) is 1. The van der Waals surface area contributed by atoms with Gasteiger partial charge in [-0.05, 0) is 45.2 Å². The van der Waals surface area contributed by atoms with Crippen LogP contribution in [0.25, 0.3) is 0 Å². The third-order valence-corrected chi connectivity index (χ3v) is 4.84. The molecular formula is C15H25N5O. The van der Waals surface area contributed by atoms with Gasteiger partial charge in [-0.3, -0.25) is 9.89 Å². The molecule has 2 unspecified atom stereocenters. The van der Waals surface area contributed by atoms with Crippen LogP contribution in [0.15, 0.2) is 0 Å². The molecule has 2 saturated heterocycles. The Morgan fingerprint density at radius 2 is 2.24 bits per heavy atom. The fraction of sp³-hybridized carbons (Fsp3) is 0.800. The molecule has 0 radical (unpaired) electrons. The van der Waals surface area contributed by atoms with Gasteiger partial charge in [0, 0.05) is 25.6 Å². The van der Waals surface area contributed by atoms with Crippen LogP contribution in [0.5, 0.6) is 0 Å². The number of aromatic amines is 1. The molecule has 0 aliphatic carbocycles. The molecule has 0 aromatic carbocycles. The van der Waals surface area contributed by atoms with Crippen molar-refractivity contribution in [2.24, 2.45) is 5.92 Å². The van der Waals surface area contributed by atoms with E-state index in [4.69, 9.17) is 0 Å². The summed E-state index contributed by atoms with van der Waals surface area (Å²) in [5.41, 5.74) is 0. The topological polar surface area (TPSA) is 65.1 Å². The van der Waals surface area contributed by atoms with E-state index >= 15 is 0 Å². The normalized spacial score (nSPS) is 26.7. The van der Waals surface area contributed by atoms with Gasteiger partial charge in [-0.15, -0.1) is 5.10 Å². The van der Waals surface area contributed by atoms with Crippen LogP contribution in [0.4, 0.5) is 0 Å². The smallest absolute Gasteiger partial charge is 0.293 e. The van der Waals surface area contributed by atoms with E-state index in [1.54, 1.807) is 0 Å². The minimum atomic E-state index is -0.0136. The third-order valence-electron chi connectivity index (χ3n) is 4.84. The number of aromatic nitrogens is 3. The maximum atomic E-state index is 12.5. The van der Waals surface area contributed by atoms with E-state index in [0.717, 1.165) is 38.2 Å². The molecule has 1 amide bonds. The Hall–Kier alpha value is -1.43. The Labute approximate surface area is 125 Å². The quantitative estimate of drug-likeness (QED) is 0.912. The molecule has 0 saturated carbocycles. The fourth-order valence-corrected chi connectivity index (χ4v) is 3.72. The molecule has 2 fully saturated rings. The van der Waals surface area contributed by atoms with Gasteiger partial charge < -0.3 is 9.80 Å². The van der Waals surface area contributed by atoms with E-state index in [9.17, 15) is 4.79 Å². The number of rotatable bonds is 3. The summed E-state index contributed by atoms with van der Waals surface area (Å²) in [4.78, 5) is 21.3. The molecular weight excluding hydrogens is 266 g/mol. The molecule has 1 aromatic heterocycles. The Bertz CT molecular complexity index is 500. The van der Waals surface area contributed by atoms with Gasteiger partial charge in [-0.2, -0.15) is 0 Å². The van der Waals surface area contributed by atoms with Crippen LogP contribution < -0.4 is 0 Å². The molecule has 116 valence electrons. The number of likely N-dealkylation sites (tertiary alicyclic amines) is 2. The van der Waals surface area contributed by atoms with Crippen LogP contribution in [-0.4, -0.2) is 63.6 Å². The second-order valence-corrected chi connectivity index (χ2v) is 6.35. The van der Waals surface area contributed by atoms with Gasteiger partial charge in [0.2, 0.25) is 5.82 Å². The maximum absolute atomic E-state index is 12.5. The highest BCUT2D eigenvalue weighted by atomic mass is 16.2. The summed E-state index contributed by atoms with van der Waals surface area (Å²) in [6.45, 7) is 4.96. The van der Waals surface area contributed by atoms with Crippen LogP contribution in [0.2, 0.25) is 0 Å². The highest BCUT2D eigenvalue weighted by molar-refractivity contribution is 5.90. The first-order valence-corrected chi connectivity index (χ1v) is 8.09. The largest absolute Gasteiger partial charge is 0.335 e. The van der Waals surface area contributed by atoms with Crippen molar-refractivity contribution in [2.45, 2.75) is 45.1 Å². The summed E-state index contributed by atoms with van der Waals surface area (Å²) >= 11 is 0. The van der Waals surface area contributed by atoms with Gasteiger partial charge in [0.1, 0.15) is 5.82 Å². The number of aryl methyl sites for hydroxylation is 1. The second kappa shape index (κ2) is 6.13. The monoisotopic (exact) mass is 291 g/mol. The highest BCUT2D eigenvalue weighted by Crippen LogP contribution is 2.29. The zero-order valence-corrected chi connectivity index (χ0v) is 13.0. The number of hydrogen-bond acceptors (Lipinski definition) is 4. The van der Waals surface area contributed by atoms with Gasteiger partial charge in [-0.25, -0.2) is 4.98 Å². The highest BCUT2D eigenvalue weighted by Gasteiger charge is 2.36. The first kappa shape index (κ1) is 14.5. The predicted octanol–water partition coefficient (Wildman–Crippen LogP) is 1.31. The molecule has 6 heteroatoms. The van der Waals surface area contributed by atoms with Crippen molar-refractivity contribution >= 4 is 5.91 Å². The van der Waals surface area contributed by atoms with Crippen molar-refractivity contribution in [1.29, 1.82) is 0 Å². The summed E-state index contributed by atoms with van der Waals surface area (Å²) in [7, 11) is 2.21. The number of carbonyl (C=O) groups is 1. The number of piperidine rings is 2. The first-order chi connectivity index (χ1) is 10.2. The first-order valence-electron chi connectivity index (χ1n) is 8.09. The lowest BCUT2D eigenvalue weighted by Gasteiger charge is -2.45. The summed E-state index contributed by atoms with van der Waals surface area (Å²) in [6, 6.07) is 0.644. The zero-order chi connectivity index (χ0) is 14.8. The van der Waals surface area contributed by atoms with Crippen LogP contribution in [0, 0.1) is 5.92 Å². The Morgan fingerprint density at radius 3 is 3.05 bits per heavy atom. The van der Waals surface area contributed by atoms with E-state index in [1.807, 2.05) is 4.90 Å². The second-order valence-electron chi connectivity index (χ2n) is 6.35. The number of fused-ring (bicyclic) bond motifs is 1. The van der Waals surface area contributed by atoms with Crippen molar-refractivity contribution in [3.05, 3.63) is 11.6 Å². The van der Waals surface area contributed by atoms with E-state index in [1.165, 1.54) is 19.4 Å². The van der Waals surface area contributed by atoms with Crippen molar-refractivity contribution in [1.82, 2.24) is 25.0 Å². The van der Waals surface area contributed by atoms with Crippen LogP contribution in [0.3, 0.4) is 0 Å². The SMILES string of the molecule is CCCc1nc(C(=O)N2CCC3C(CCCN3C)C2)n[nH]1. The average molecular weight is 291 g/mol. The van der Waals surface area contributed by atoms with E-state index in [-0.39, 0.29) is 5.91 Å². The minimum absolute atomic E-state index is 0.0136. The standard InChI is InChI=1S/C15H25N5O/c1-3-5-13-16-14(18-17-13)15(21)20-9-7-12-11(10-20)6-4-8-19(12)2/h11-12H,3-10H2,1-2H3,(H,16,17,18). The number of amides is 1. The maximum Gasteiger partial charge on any atom is 0.293 e. The lowest BCUT2D eigenvalue weighted by molar-refractivity contribution is 0.0309. The van der Waals surface area contributed by atoms with Gasteiger partial charge >= 0.3 is 0 Å². The summed E-state index contributed by atoms with van der Waals surface area (Å²) < 4.78 is 0. The Morgan fingerprint density at radius 1 is 1.38 bits per heavy atom. The van der Waals surface area contributed by atoms with Crippen LogP contribution >= 0.6 is 0 Å². The number of hydrogen-bond donors (Lipinski definition) is 1. The molecule has 3 heterocycles. The van der Waals surface area contributed by atoms with Crippen LogP contribution in [-0.2, 0) is 6.42 Å². The van der Waals surface area contributed by atoms with E-state index in [0.29, 0.717) is 17.8 Å². The molecule has 3 rings (SSSR count). The average Bonchev–Trinajstić information content (AvgIpc) is 2.95. The van der Waals surface area contributed by atoms with Gasteiger partial charge in [0.15, 0.2) is 0 Å². The summed E-state index contributed by atoms with van der Waals surface area (Å²) in [5, 5.41) is 6.96. The number of H-pyrrole nitrogens is 1. The molecule has 2 aliphatic heterocycles. The van der Waals surface area contributed by atoms with Crippen molar-refractivity contribution in [2.75, 3.05) is 26.7 Å². The third kappa shape index (κ3) is 2.95.